The Bertz CT molecular complexity index is 559. The highest BCUT2D eigenvalue weighted by molar-refractivity contribution is 5.72. The van der Waals surface area contributed by atoms with E-state index in [1.807, 2.05) is 0 Å². The maximum absolute atomic E-state index is 11.5. The number of hydrogen-bond donors (Lipinski definition) is 2. The second-order valence-corrected chi connectivity index (χ2v) is 10.5. The highest BCUT2D eigenvalue weighted by Crippen LogP contribution is 2.25. The van der Waals surface area contributed by atoms with Gasteiger partial charge in [-0.05, 0) is 26.2 Å². The Balaban J connectivity index is 1.97. The second-order valence-electron chi connectivity index (χ2n) is 10.5. The van der Waals surface area contributed by atoms with Gasteiger partial charge in [-0.15, -0.1) is 0 Å². The normalized spacial score (nSPS) is 20.6. The van der Waals surface area contributed by atoms with Crippen LogP contribution in [0.2, 0.25) is 0 Å². The third kappa shape index (κ3) is 13.0. The first-order valence-corrected chi connectivity index (χ1v) is 14.8. The first-order valence-electron chi connectivity index (χ1n) is 14.8. The fraction of sp³-hybridized carbons (Fsp3) is 0.833. The van der Waals surface area contributed by atoms with E-state index in [0.717, 1.165) is 23.9 Å². The zero-order chi connectivity index (χ0) is 24.9. The summed E-state index contributed by atoms with van der Waals surface area (Å²) in [7, 11) is 0. The minimum Gasteiger partial charge on any atom is -0.338 e. The average molecular weight is 477 g/mol. The van der Waals surface area contributed by atoms with E-state index in [9.17, 15) is 4.79 Å². The van der Waals surface area contributed by atoms with Gasteiger partial charge in [0.1, 0.15) is 6.20 Å². The van der Waals surface area contributed by atoms with Crippen molar-refractivity contribution in [3.05, 3.63) is 24.6 Å². The lowest BCUT2D eigenvalue weighted by Gasteiger charge is -2.41. The van der Waals surface area contributed by atoms with Crippen molar-refractivity contribution in [2.75, 3.05) is 6.54 Å². The standard InChI is InChI=1S/C30H57N3O/c1-5-7-8-9-10-11-12-13-14-15-16-17-18-19-20-21-22-23-24-25-30-31-26-27-33(30,6-2)28(3)32-29(4)34/h22-23,26-28,30-31H,5-21,24-25H2,1-4H3/p+1/b23-22+. The Morgan fingerprint density at radius 2 is 1.35 bits per heavy atom. The number of carbonyl (C=O) groups is 1. The first kappa shape index (κ1) is 30.7. The summed E-state index contributed by atoms with van der Waals surface area (Å²) in [5, 5.41) is 6.61. The SMILES string of the molecule is CCCCCCCCCCCCCCCCC/C=C/CCC1NC=C[N+]1(CC)C(C)NC(C)=O. The van der Waals surface area contributed by atoms with E-state index in [2.05, 4.69) is 56.0 Å². The second kappa shape index (κ2) is 20.0. The van der Waals surface area contributed by atoms with Gasteiger partial charge in [-0.1, -0.05) is 109 Å². The first-order chi connectivity index (χ1) is 16.6. The number of amides is 1. The van der Waals surface area contributed by atoms with Gasteiger partial charge >= 0.3 is 0 Å². The molecule has 2 N–H and O–H groups in total. The molecule has 0 saturated heterocycles. The van der Waals surface area contributed by atoms with E-state index in [-0.39, 0.29) is 12.1 Å². The number of nitrogens with zero attached hydrogens (tertiary/aromatic N) is 1. The molecule has 1 aliphatic heterocycles. The van der Waals surface area contributed by atoms with E-state index in [0.29, 0.717) is 6.17 Å². The zero-order valence-electron chi connectivity index (χ0n) is 23.3. The molecule has 4 heteroatoms. The number of rotatable bonds is 22. The van der Waals surface area contributed by atoms with Crippen molar-refractivity contribution in [2.45, 2.75) is 156 Å². The van der Waals surface area contributed by atoms with Gasteiger partial charge in [0, 0.05) is 20.3 Å². The molecule has 0 aromatic heterocycles. The molecule has 0 aromatic carbocycles. The van der Waals surface area contributed by atoms with Crippen molar-refractivity contribution in [1.82, 2.24) is 10.6 Å². The molecule has 0 spiro atoms. The van der Waals surface area contributed by atoms with Gasteiger partial charge < -0.3 is 10.6 Å². The van der Waals surface area contributed by atoms with Crippen LogP contribution >= 0.6 is 0 Å². The van der Waals surface area contributed by atoms with E-state index >= 15 is 0 Å². The van der Waals surface area contributed by atoms with Crippen LogP contribution < -0.4 is 10.6 Å². The lowest BCUT2D eigenvalue weighted by Crippen LogP contribution is -2.62. The average Bonchev–Trinajstić information content (AvgIpc) is 3.24. The highest BCUT2D eigenvalue weighted by Gasteiger charge is 2.41. The molecule has 1 heterocycles. The number of nitrogens with one attached hydrogen (secondary N) is 2. The Labute approximate surface area is 212 Å². The van der Waals surface area contributed by atoms with Gasteiger partial charge in [0.25, 0.3) is 0 Å². The molecule has 3 atom stereocenters. The van der Waals surface area contributed by atoms with Crippen molar-refractivity contribution in [1.29, 1.82) is 0 Å². The number of hydrogen-bond acceptors (Lipinski definition) is 2. The van der Waals surface area contributed by atoms with Crippen molar-refractivity contribution < 1.29 is 9.28 Å². The van der Waals surface area contributed by atoms with Crippen molar-refractivity contribution in [3.63, 3.8) is 0 Å². The monoisotopic (exact) mass is 476 g/mol. The largest absolute Gasteiger partial charge is 0.338 e. The summed E-state index contributed by atoms with van der Waals surface area (Å²) in [6, 6.07) is 0. The summed E-state index contributed by atoms with van der Waals surface area (Å²) in [5.74, 6) is 0.0425. The highest BCUT2D eigenvalue weighted by atomic mass is 16.1. The van der Waals surface area contributed by atoms with Crippen molar-refractivity contribution in [3.8, 4) is 0 Å². The van der Waals surface area contributed by atoms with Crippen LogP contribution in [0.4, 0.5) is 0 Å². The molecule has 0 bridgehead atoms. The summed E-state index contributed by atoms with van der Waals surface area (Å²) in [4.78, 5) is 11.5. The van der Waals surface area contributed by atoms with Crippen LogP contribution in [0.3, 0.4) is 0 Å². The number of unbranched alkanes of at least 4 members (excludes halogenated alkanes) is 15. The van der Waals surface area contributed by atoms with E-state index in [1.165, 1.54) is 103 Å². The maximum atomic E-state index is 11.5. The number of carbonyl (C=O) groups excluding carboxylic acids is 1. The molecule has 34 heavy (non-hydrogen) atoms. The quantitative estimate of drug-likeness (QED) is 0.0937. The molecular formula is C30H58N3O+. The lowest BCUT2D eigenvalue weighted by atomic mass is 10.0. The number of allylic oxidation sites excluding steroid dienone is 2. The molecule has 1 aliphatic rings. The van der Waals surface area contributed by atoms with Crippen molar-refractivity contribution in [2.24, 2.45) is 0 Å². The Kier molecular flexibility index (Phi) is 18.0. The van der Waals surface area contributed by atoms with Crippen LogP contribution in [-0.2, 0) is 4.79 Å². The summed E-state index contributed by atoms with van der Waals surface area (Å²) in [6.45, 7) is 9.18. The van der Waals surface area contributed by atoms with Gasteiger partial charge in [-0.25, -0.2) is 0 Å². The Morgan fingerprint density at radius 3 is 1.85 bits per heavy atom. The van der Waals surface area contributed by atoms with Crippen LogP contribution in [-0.4, -0.2) is 29.3 Å². The van der Waals surface area contributed by atoms with Crippen molar-refractivity contribution >= 4 is 5.91 Å². The van der Waals surface area contributed by atoms with Gasteiger partial charge in [0.15, 0.2) is 12.3 Å². The molecule has 0 saturated carbocycles. The summed E-state index contributed by atoms with van der Waals surface area (Å²) in [6.07, 6.45) is 34.2. The minimum absolute atomic E-state index is 0.0425. The molecule has 0 fully saturated rings. The molecule has 1 rings (SSSR count). The van der Waals surface area contributed by atoms with Gasteiger partial charge in [-0.3, -0.25) is 9.28 Å². The van der Waals surface area contributed by atoms with Crippen LogP contribution in [0.25, 0.3) is 0 Å². The third-order valence-electron chi connectivity index (χ3n) is 7.65. The molecule has 3 unspecified atom stereocenters. The van der Waals surface area contributed by atoms with Crippen LogP contribution in [0.15, 0.2) is 24.6 Å². The molecule has 198 valence electrons. The smallest absolute Gasteiger partial charge is 0.221 e. The molecule has 0 aromatic rings. The van der Waals surface area contributed by atoms with Gasteiger partial charge in [-0.2, -0.15) is 0 Å². The van der Waals surface area contributed by atoms with Gasteiger partial charge in [0.05, 0.1) is 12.7 Å². The summed E-state index contributed by atoms with van der Waals surface area (Å²) >= 11 is 0. The zero-order valence-corrected chi connectivity index (χ0v) is 23.3. The fourth-order valence-electron chi connectivity index (χ4n) is 5.40. The van der Waals surface area contributed by atoms with Crippen LogP contribution in [0.1, 0.15) is 143 Å². The van der Waals surface area contributed by atoms with Crippen LogP contribution in [0.5, 0.6) is 0 Å². The summed E-state index contributed by atoms with van der Waals surface area (Å²) < 4.78 is 0.784. The Morgan fingerprint density at radius 1 is 0.853 bits per heavy atom. The van der Waals surface area contributed by atoms with E-state index < -0.39 is 0 Å². The molecule has 0 aliphatic carbocycles. The van der Waals surface area contributed by atoms with E-state index in [4.69, 9.17) is 0 Å². The molecule has 0 radical (unpaired) electrons. The molecular weight excluding hydrogens is 418 g/mol. The predicted octanol–water partition coefficient (Wildman–Crippen LogP) is 8.30. The topological polar surface area (TPSA) is 41.1 Å². The van der Waals surface area contributed by atoms with E-state index in [1.54, 1.807) is 6.92 Å². The van der Waals surface area contributed by atoms with Crippen LogP contribution in [0, 0.1) is 0 Å². The lowest BCUT2D eigenvalue weighted by molar-refractivity contribution is -0.923. The predicted molar refractivity (Wildman–Crippen MR) is 148 cm³/mol. The fourth-order valence-corrected chi connectivity index (χ4v) is 5.40. The summed E-state index contributed by atoms with van der Waals surface area (Å²) in [5.41, 5.74) is 0. The number of quaternary nitrogens is 1. The molecule has 4 nitrogen and oxygen atoms in total. The van der Waals surface area contributed by atoms with Gasteiger partial charge in [0.2, 0.25) is 5.91 Å². The third-order valence-corrected chi connectivity index (χ3v) is 7.65. The Hall–Kier alpha value is -1.29. The minimum atomic E-state index is 0.0425. The maximum Gasteiger partial charge on any atom is 0.221 e. The molecule has 1 amide bonds.